The van der Waals surface area contributed by atoms with Crippen molar-refractivity contribution >= 4 is 10.1 Å². The molecule has 2 aromatic rings. The second kappa shape index (κ2) is 6.70. The first kappa shape index (κ1) is 16.0. The lowest BCUT2D eigenvalue weighted by Gasteiger charge is -2.31. The molecule has 2 aromatic carbocycles. The number of nitrogens with zero attached hydrogens (tertiary/aromatic N) is 1. The molecule has 1 saturated heterocycles. The van der Waals surface area contributed by atoms with Crippen LogP contribution in [0.1, 0.15) is 11.7 Å². The summed E-state index contributed by atoms with van der Waals surface area (Å²) in [5, 5.41) is 0. The minimum atomic E-state index is -3.86. The molecule has 5 nitrogen and oxygen atoms in total. The topological polar surface area (TPSA) is 55.8 Å². The average Bonchev–Trinajstić information content (AvgIpc) is 2.56. The third-order valence-electron chi connectivity index (χ3n) is 3.77. The van der Waals surface area contributed by atoms with Gasteiger partial charge in [-0.2, -0.15) is 8.42 Å². The summed E-state index contributed by atoms with van der Waals surface area (Å²) in [6.07, 6.45) is -0.198. The van der Waals surface area contributed by atoms with Crippen molar-refractivity contribution in [1.82, 2.24) is 4.90 Å². The molecule has 0 aliphatic carbocycles. The van der Waals surface area contributed by atoms with E-state index in [9.17, 15) is 8.42 Å². The molecular weight excluding hydrogens is 314 g/mol. The fourth-order valence-corrected chi connectivity index (χ4v) is 3.52. The SMILES string of the molecule is CN1CCO[C@@H](c2ccccc2OS(=O)(=O)c2ccccc2)C1. The van der Waals surface area contributed by atoms with Gasteiger partial charge in [0.25, 0.3) is 0 Å². The number of benzene rings is 2. The molecule has 3 rings (SSSR count). The van der Waals surface area contributed by atoms with Crippen molar-refractivity contribution in [2.24, 2.45) is 0 Å². The van der Waals surface area contributed by atoms with Crippen LogP contribution >= 0.6 is 0 Å². The van der Waals surface area contributed by atoms with Gasteiger partial charge in [0.05, 0.1) is 12.7 Å². The van der Waals surface area contributed by atoms with Crippen molar-refractivity contribution in [3.63, 3.8) is 0 Å². The summed E-state index contributed by atoms with van der Waals surface area (Å²) in [6, 6.07) is 15.3. The minimum absolute atomic E-state index is 0.136. The Morgan fingerprint density at radius 2 is 1.78 bits per heavy atom. The monoisotopic (exact) mass is 333 g/mol. The maximum atomic E-state index is 12.4. The second-order valence-corrected chi connectivity index (χ2v) is 7.06. The Balaban J connectivity index is 1.89. The second-order valence-electron chi connectivity index (χ2n) is 5.51. The molecule has 1 aliphatic heterocycles. The highest BCUT2D eigenvalue weighted by molar-refractivity contribution is 7.87. The summed E-state index contributed by atoms with van der Waals surface area (Å²) in [4.78, 5) is 2.29. The Bertz CT molecular complexity index is 761. The van der Waals surface area contributed by atoms with Crippen LogP contribution in [0.5, 0.6) is 5.75 Å². The zero-order valence-corrected chi connectivity index (χ0v) is 13.7. The largest absolute Gasteiger partial charge is 0.379 e. The average molecular weight is 333 g/mol. The fourth-order valence-electron chi connectivity index (χ4n) is 2.54. The van der Waals surface area contributed by atoms with Gasteiger partial charge in [-0.1, -0.05) is 36.4 Å². The van der Waals surface area contributed by atoms with Crippen LogP contribution < -0.4 is 4.18 Å². The van der Waals surface area contributed by atoms with Crippen molar-refractivity contribution < 1.29 is 17.3 Å². The van der Waals surface area contributed by atoms with E-state index >= 15 is 0 Å². The first-order valence-electron chi connectivity index (χ1n) is 7.45. The van der Waals surface area contributed by atoms with E-state index < -0.39 is 10.1 Å². The van der Waals surface area contributed by atoms with Crippen LogP contribution in [0.15, 0.2) is 59.5 Å². The van der Waals surface area contributed by atoms with E-state index in [0.717, 1.165) is 12.1 Å². The molecule has 0 saturated carbocycles. The molecule has 0 N–H and O–H groups in total. The molecule has 122 valence electrons. The molecule has 1 aliphatic rings. The molecule has 23 heavy (non-hydrogen) atoms. The smallest absolute Gasteiger partial charge is 0.339 e. The Morgan fingerprint density at radius 3 is 2.52 bits per heavy atom. The highest BCUT2D eigenvalue weighted by Gasteiger charge is 2.25. The van der Waals surface area contributed by atoms with Crippen molar-refractivity contribution in [1.29, 1.82) is 0 Å². The van der Waals surface area contributed by atoms with Gasteiger partial charge in [-0.3, -0.25) is 0 Å². The Hall–Kier alpha value is -1.89. The van der Waals surface area contributed by atoms with Crippen LogP contribution in [0.2, 0.25) is 0 Å². The standard InChI is InChI=1S/C17H19NO4S/c1-18-11-12-21-17(13-18)15-9-5-6-10-16(15)22-23(19,20)14-7-3-2-4-8-14/h2-10,17H,11-13H2,1H3/t17-/m1/s1. The van der Waals surface area contributed by atoms with Gasteiger partial charge < -0.3 is 13.8 Å². The van der Waals surface area contributed by atoms with Crippen LogP contribution in [0.25, 0.3) is 0 Å². The molecule has 1 heterocycles. The lowest BCUT2D eigenvalue weighted by atomic mass is 10.1. The predicted molar refractivity (Wildman–Crippen MR) is 86.9 cm³/mol. The number of rotatable bonds is 4. The van der Waals surface area contributed by atoms with Crippen molar-refractivity contribution in [2.75, 3.05) is 26.7 Å². The van der Waals surface area contributed by atoms with Gasteiger partial charge in [-0.05, 0) is 25.2 Å². The van der Waals surface area contributed by atoms with E-state index in [1.807, 2.05) is 19.2 Å². The van der Waals surface area contributed by atoms with E-state index in [-0.39, 0.29) is 11.0 Å². The lowest BCUT2D eigenvalue weighted by molar-refractivity contribution is -0.0215. The van der Waals surface area contributed by atoms with E-state index in [0.29, 0.717) is 18.9 Å². The van der Waals surface area contributed by atoms with Crippen LogP contribution in [0, 0.1) is 0 Å². The van der Waals surface area contributed by atoms with Gasteiger partial charge in [0.1, 0.15) is 10.6 Å². The number of morpholine rings is 1. The summed E-state index contributed by atoms with van der Waals surface area (Å²) < 4.78 is 36.0. The van der Waals surface area contributed by atoms with Gasteiger partial charge in [0.15, 0.2) is 0 Å². The van der Waals surface area contributed by atoms with Crippen molar-refractivity contribution in [2.45, 2.75) is 11.0 Å². The summed E-state index contributed by atoms with van der Waals surface area (Å²) in [6.45, 7) is 2.18. The fraction of sp³-hybridized carbons (Fsp3) is 0.294. The van der Waals surface area contributed by atoms with Crippen molar-refractivity contribution in [3.05, 3.63) is 60.2 Å². The number of hydrogen-bond donors (Lipinski definition) is 0. The first-order chi connectivity index (χ1) is 11.1. The normalized spacial score (nSPS) is 19.4. The van der Waals surface area contributed by atoms with Gasteiger partial charge >= 0.3 is 10.1 Å². The molecule has 0 bridgehead atoms. The van der Waals surface area contributed by atoms with E-state index in [4.69, 9.17) is 8.92 Å². The summed E-state index contributed by atoms with van der Waals surface area (Å²) in [5.74, 6) is 0.316. The number of ether oxygens (including phenoxy) is 1. The molecule has 6 heteroatoms. The maximum absolute atomic E-state index is 12.4. The summed E-state index contributed by atoms with van der Waals surface area (Å²) in [7, 11) is -1.84. The molecule has 0 unspecified atom stereocenters. The Labute approximate surface area is 136 Å². The molecule has 1 fully saturated rings. The van der Waals surface area contributed by atoms with Crippen LogP contribution in [0.4, 0.5) is 0 Å². The van der Waals surface area contributed by atoms with Gasteiger partial charge in [0, 0.05) is 18.7 Å². The van der Waals surface area contributed by atoms with Crippen LogP contribution in [0.3, 0.4) is 0 Å². The number of para-hydroxylation sites is 1. The predicted octanol–water partition coefficient (Wildman–Crippen LogP) is 2.46. The Morgan fingerprint density at radius 1 is 1.09 bits per heavy atom. The highest BCUT2D eigenvalue weighted by atomic mass is 32.2. The molecule has 0 spiro atoms. The zero-order chi connectivity index (χ0) is 16.3. The van der Waals surface area contributed by atoms with E-state index in [1.165, 1.54) is 12.1 Å². The molecular formula is C17H19NO4S. The van der Waals surface area contributed by atoms with Gasteiger partial charge in [0.2, 0.25) is 0 Å². The molecule has 0 aromatic heterocycles. The highest BCUT2D eigenvalue weighted by Crippen LogP contribution is 2.31. The molecule has 0 radical (unpaired) electrons. The number of hydrogen-bond acceptors (Lipinski definition) is 5. The number of likely N-dealkylation sites (N-methyl/N-ethyl adjacent to an activating group) is 1. The first-order valence-corrected chi connectivity index (χ1v) is 8.86. The van der Waals surface area contributed by atoms with Crippen molar-refractivity contribution in [3.8, 4) is 5.75 Å². The summed E-state index contributed by atoms with van der Waals surface area (Å²) >= 11 is 0. The minimum Gasteiger partial charge on any atom is -0.379 e. The van der Waals surface area contributed by atoms with E-state index in [2.05, 4.69) is 4.90 Å². The van der Waals surface area contributed by atoms with Gasteiger partial charge in [-0.25, -0.2) is 0 Å². The quantitative estimate of drug-likeness (QED) is 0.805. The zero-order valence-electron chi connectivity index (χ0n) is 12.9. The van der Waals surface area contributed by atoms with Gasteiger partial charge in [-0.15, -0.1) is 0 Å². The van der Waals surface area contributed by atoms with Crippen LogP contribution in [-0.2, 0) is 14.9 Å². The lowest BCUT2D eigenvalue weighted by Crippen LogP contribution is -2.35. The van der Waals surface area contributed by atoms with E-state index in [1.54, 1.807) is 30.3 Å². The van der Waals surface area contributed by atoms with Crippen LogP contribution in [-0.4, -0.2) is 40.1 Å². The molecule has 1 atom stereocenters. The summed E-state index contributed by atoms with van der Waals surface area (Å²) in [5.41, 5.74) is 0.749. The molecule has 0 amide bonds. The third-order valence-corrected chi connectivity index (χ3v) is 5.02. The maximum Gasteiger partial charge on any atom is 0.339 e. The Kier molecular flexibility index (Phi) is 4.66. The third kappa shape index (κ3) is 3.72.